The molecule has 0 saturated heterocycles. The lowest BCUT2D eigenvalue weighted by Crippen LogP contribution is -2.31. The number of amides is 2. The van der Waals surface area contributed by atoms with E-state index >= 15 is 0 Å². The Bertz CT molecular complexity index is 1830. The van der Waals surface area contributed by atoms with Crippen LogP contribution < -0.4 is 24.8 Å². The van der Waals surface area contributed by atoms with E-state index in [1.807, 2.05) is 6.08 Å². The number of nitrogens with one attached hydrogen (secondary N) is 2. The van der Waals surface area contributed by atoms with E-state index in [0.29, 0.717) is 37.1 Å². The number of hydrogen-bond acceptors (Lipinski definition) is 9. The van der Waals surface area contributed by atoms with E-state index < -0.39 is 11.9 Å². The molecule has 0 radical (unpaired) electrons. The smallest absolute Gasteiger partial charge is 0.412 e. The molecule has 0 aliphatic rings. The van der Waals surface area contributed by atoms with Crippen LogP contribution in [0.25, 0.3) is 12.2 Å². The fraction of sp³-hybridized carbons (Fsp3) is 0.333. The lowest BCUT2D eigenvalue weighted by molar-refractivity contribution is -0.122. The minimum absolute atomic E-state index is 0.0168. The summed E-state index contributed by atoms with van der Waals surface area (Å²) in [5.41, 5.74) is 1.23. The van der Waals surface area contributed by atoms with Gasteiger partial charge in [0.1, 0.15) is 0 Å². The van der Waals surface area contributed by atoms with Gasteiger partial charge in [0.15, 0.2) is 34.6 Å². The standard InChI is InChI=1S/C48H60N2O9/c1-4-5-6-7-8-9-10-11-12-13-14-15-16-17-18-19-20-21-22-23-47(54)49-32-34-58-35-33-50-48(55)59-44-31-27-40(37-46(44)57-3)25-29-42(52)38-41(51)28-24-39-26-30-43(53)45(36-39)56-2/h5-6,8-9,11-12,14-15,17-18,20-21,24-31,36-37,53H,4,7,10,13,16,19,22-23,32-35,38H2,1-3H3,(H,49,54)(H,50,55)/b6-5-,9-8-,12-11-,15-14-,18-17-,21-20-,28-24+,29-25+. The number of rotatable bonds is 29. The molecule has 0 heterocycles. The molecule has 3 N–H and O–H groups in total. The number of carbonyl (C=O) groups is 4. The number of phenols is 1. The predicted molar refractivity (Wildman–Crippen MR) is 236 cm³/mol. The first-order valence-electron chi connectivity index (χ1n) is 19.9. The summed E-state index contributed by atoms with van der Waals surface area (Å²) in [7, 11) is 2.85. The van der Waals surface area contributed by atoms with Gasteiger partial charge in [0, 0.05) is 19.5 Å². The second kappa shape index (κ2) is 31.8. The summed E-state index contributed by atoms with van der Waals surface area (Å²) in [6.45, 7) is 3.22. The monoisotopic (exact) mass is 808 g/mol. The van der Waals surface area contributed by atoms with Crippen LogP contribution in [0.15, 0.2) is 121 Å². The Morgan fingerprint density at radius 3 is 1.64 bits per heavy atom. The molecule has 0 atom stereocenters. The van der Waals surface area contributed by atoms with Gasteiger partial charge in [0.05, 0.1) is 33.9 Å². The maximum atomic E-state index is 12.4. The number of phenolic OH excluding ortho intramolecular Hbond substituents is 1. The highest BCUT2D eigenvalue weighted by molar-refractivity contribution is 6.10. The van der Waals surface area contributed by atoms with Gasteiger partial charge in [0.2, 0.25) is 5.91 Å². The molecule has 59 heavy (non-hydrogen) atoms. The van der Waals surface area contributed by atoms with Crippen LogP contribution in [0.2, 0.25) is 0 Å². The first-order valence-corrected chi connectivity index (χ1v) is 19.9. The van der Waals surface area contributed by atoms with Crippen molar-refractivity contribution in [3.05, 3.63) is 133 Å². The van der Waals surface area contributed by atoms with E-state index in [1.54, 1.807) is 24.3 Å². The van der Waals surface area contributed by atoms with Crippen molar-refractivity contribution in [2.24, 2.45) is 0 Å². The van der Waals surface area contributed by atoms with Crippen LogP contribution in [0.3, 0.4) is 0 Å². The molecule has 11 heteroatoms. The molecule has 0 spiro atoms. The number of aromatic hydroxyl groups is 1. The Labute approximate surface area is 349 Å². The average Bonchev–Trinajstić information content (AvgIpc) is 3.23. The van der Waals surface area contributed by atoms with Gasteiger partial charge in [-0.05, 0) is 92.5 Å². The van der Waals surface area contributed by atoms with Gasteiger partial charge < -0.3 is 34.7 Å². The molecule has 0 aliphatic heterocycles. The van der Waals surface area contributed by atoms with Gasteiger partial charge >= 0.3 is 6.09 Å². The van der Waals surface area contributed by atoms with Crippen LogP contribution >= 0.6 is 0 Å². The molecule has 2 amide bonds. The molecule has 2 aromatic carbocycles. The first-order chi connectivity index (χ1) is 28.7. The number of carbonyl (C=O) groups excluding carboxylic acids is 4. The Hall–Kier alpha value is -6.20. The molecule has 11 nitrogen and oxygen atoms in total. The van der Waals surface area contributed by atoms with Crippen LogP contribution in [-0.4, -0.2) is 69.2 Å². The van der Waals surface area contributed by atoms with Gasteiger partial charge in [-0.3, -0.25) is 14.4 Å². The lowest BCUT2D eigenvalue weighted by Gasteiger charge is -2.11. The Kier molecular flexibility index (Phi) is 26.4. The molecule has 316 valence electrons. The van der Waals surface area contributed by atoms with Crippen molar-refractivity contribution in [2.75, 3.05) is 40.5 Å². The quantitative estimate of drug-likeness (QED) is 0.0316. The topological polar surface area (TPSA) is 149 Å². The van der Waals surface area contributed by atoms with Crippen LogP contribution in [0.1, 0.15) is 75.8 Å². The second-order valence-corrected chi connectivity index (χ2v) is 12.9. The van der Waals surface area contributed by atoms with Crippen LogP contribution in [0.4, 0.5) is 4.79 Å². The molecule has 2 aromatic rings. The summed E-state index contributed by atoms with van der Waals surface area (Å²) < 4.78 is 21.2. The molecule has 0 unspecified atom stereocenters. The summed E-state index contributed by atoms with van der Waals surface area (Å²) in [4.78, 5) is 49.0. The first kappa shape index (κ1) is 48.9. The molecular formula is C48H60N2O9. The van der Waals surface area contributed by atoms with Crippen molar-refractivity contribution in [3.8, 4) is 23.0 Å². The van der Waals surface area contributed by atoms with Gasteiger partial charge in [-0.15, -0.1) is 0 Å². The third kappa shape index (κ3) is 24.2. The maximum absolute atomic E-state index is 12.4. The van der Waals surface area contributed by atoms with Gasteiger partial charge in [0.25, 0.3) is 0 Å². The van der Waals surface area contributed by atoms with E-state index in [2.05, 4.69) is 84.4 Å². The molecule has 2 rings (SSSR count). The molecular weight excluding hydrogens is 749 g/mol. The maximum Gasteiger partial charge on any atom is 0.412 e. The normalized spacial score (nSPS) is 12.1. The van der Waals surface area contributed by atoms with Crippen molar-refractivity contribution in [3.63, 3.8) is 0 Å². The molecule has 0 fully saturated rings. The number of benzene rings is 2. The van der Waals surface area contributed by atoms with Crippen molar-refractivity contribution in [2.45, 2.75) is 64.7 Å². The van der Waals surface area contributed by atoms with Crippen LogP contribution in [0, 0.1) is 0 Å². The van der Waals surface area contributed by atoms with Crippen molar-refractivity contribution in [1.29, 1.82) is 0 Å². The number of methoxy groups -OCH3 is 2. The molecule has 0 saturated carbocycles. The third-order valence-corrected chi connectivity index (χ3v) is 8.08. The summed E-state index contributed by atoms with van der Waals surface area (Å²) >= 11 is 0. The Morgan fingerprint density at radius 1 is 0.610 bits per heavy atom. The van der Waals surface area contributed by atoms with Gasteiger partial charge in [-0.25, -0.2) is 4.79 Å². The van der Waals surface area contributed by atoms with E-state index in [9.17, 15) is 24.3 Å². The number of hydrogen-bond donors (Lipinski definition) is 3. The second-order valence-electron chi connectivity index (χ2n) is 12.9. The van der Waals surface area contributed by atoms with E-state index in [0.717, 1.165) is 38.5 Å². The largest absolute Gasteiger partial charge is 0.504 e. The average molecular weight is 809 g/mol. The summed E-state index contributed by atoms with van der Waals surface area (Å²) in [5.74, 6) is -0.141. The highest BCUT2D eigenvalue weighted by Gasteiger charge is 2.11. The SMILES string of the molecule is CC/C=C\C/C=C\C/C=C\C/C=C\C/C=C\C/C=C\CCC(=O)NCCOCCNC(=O)Oc1ccc(/C=C/C(=O)CC(=O)/C=C/c2ccc(O)c(OC)c2)cc1OC. The molecule has 0 aliphatic carbocycles. The van der Waals surface area contributed by atoms with E-state index in [1.165, 1.54) is 50.7 Å². The summed E-state index contributed by atoms with van der Waals surface area (Å²) in [5, 5.41) is 15.1. The minimum atomic E-state index is -0.703. The number of allylic oxidation sites excluding steroid dienone is 14. The van der Waals surface area contributed by atoms with Crippen molar-refractivity contribution in [1.82, 2.24) is 10.6 Å². The summed E-state index contributed by atoms with van der Waals surface area (Å²) in [6, 6.07) is 9.40. The van der Waals surface area contributed by atoms with Crippen molar-refractivity contribution >= 4 is 35.7 Å². The van der Waals surface area contributed by atoms with Crippen LogP contribution in [-0.2, 0) is 19.1 Å². The number of ketones is 2. The van der Waals surface area contributed by atoms with Gasteiger partial charge in [-0.2, -0.15) is 0 Å². The predicted octanol–water partition coefficient (Wildman–Crippen LogP) is 9.36. The number of ether oxygens (including phenoxy) is 4. The Balaban J connectivity index is 1.53. The minimum Gasteiger partial charge on any atom is -0.504 e. The zero-order chi connectivity index (χ0) is 42.8. The summed E-state index contributed by atoms with van der Waals surface area (Å²) in [6.07, 6.45) is 37.2. The highest BCUT2D eigenvalue weighted by atomic mass is 16.6. The highest BCUT2D eigenvalue weighted by Crippen LogP contribution is 2.29. The molecule has 0 aromatic heterocycles. The fourth-order valence-corrected chi connectivity index (χ4v) is 5.01. The Morgan fingerprint density at radius 2 is 1.10 bits per heavy atom. The van der Waals surface area contributed by atoms with E-state index in [-0.39, 0.29) is 54.3 Å². The third-order valence-electron chi connectivity index (χ3n) is 8.08. The lowest BCUT2D eigenvalue weighted by atomic mass is 10.1. The van der Waals surface area contributed by atoms with Crippen LogP contribution in [0.5, 0.6) is 23.0 Å². The fourth-order valence-electron chi connectivity index (χ4n) is 5.01. The molecule has 0 bridgehead atoms. The zero-order valence-corrected chi connectivity index (χ0v) is 34.6. The van der Waals surface area contributed by atoms with Gasteiger partial charge in [-0.1, -0.05) is 104 Å². The zero-order valence-electron chi connectivity index (χ0n) is 34.6. The van der Waals surface area contributed by atoms with Crippen molar-refractivity contribution < 1.29 is 43.2 Å². The van der Waals surface area contributed by atoms with E-state index in [4.69, 9.17) is 18.9 Å².